The van der Waals surface area contributed by atoms with Gasteiger partial charge >= 0.3 is 12.0 Å². The first-order chi connectivity index (χ1) is 9.41. The van der Waals surface area contributed by atoms with E-state index in [1.807, 2.05) is 31.2 Å². The van der Waals surface area contributed by atoms with Gasteiger partial charge in [-0.1, -0.05) is 24.3 Å². The summed E-state index contributed by atoms with van der Waals surface area (Å²) >= 11 is 0. The summed E-state index contributed by atoms with van der Waals surface area (Å²) in [4.78, 5) is 22.4. The van der Waals surface area contributed by atoms with Crippen molar-refractivity contribution < 1.29 is 19.8 Å². The molecule has 2 atom stereocenters. The van der Waals surface area contributed by atoms with Gasteiger partial charge < -0.3 is 20.8 Å². The lowest BCUT2D eigenvalue weighted by atomic mass is 10.1. The summed E-state index contributed by atoms with van der Waals surface area (Å²) in [7, 11) is 0. The Hall–Kier alpha value is -2.08. The maximum absolute atomic E-state index is 11.5. The SMILES string of the molecule is Cc1ccccc1CCNC(=O)N[C@H](C(=O)O)[C@@H](C)O. The fraction of sp³-hybridized carbons (Fsp3) is 0.429. The average Bonchev–Trinajstić information content (AvgIpc) is 2.37. The second-order valence-corrected chi connectivity index (χ2v) is 4.63. The molecule has 0 fully saturated rings. The van der Waals surface area contributed by atoms with Gasteiger partial charge in [0.05, 0.1) is 6.10 Å². The van der Waals surface area contributed by atoms with Crippen LogP contribution in [0.5, 0.6) is 0 Å². The molecule has 6 heteroatoms. The largest absolute Gasteiger partial charge is 0.480 e. The molecule has 0 aliphatic rings. The number of amides is 2. The summed E-state index contributed by atoms with van der Waals surface area (Å²) in [5.41, 5.74) is 2.26. The zero-order valence-electron chi connectivity index (χ0n) is 11.6. The highest BCUT2D eigenvalue weighted by atomic mass is 16.4. The lowest BCUT2D eigenvalue weighted by Crippen LogP contribution is -2.51. The monoisotopic (exact) mass is 280 g/mol. The van der Waals surface area contributed by atoms with Crippen molar-refractivity contribution in [3.05, 3.63) is 35.4 Å². The lowest BCUT2D eigenvalue weighted by molar-refractivity contribution is -0.141. The molecule has 0 spiro atoms. The molecular formula is C14H20N2O4. The van der Waals surface area contributed by atoms with Crippen LogP contribution in [0.4, 0.5) is 4.79 Å². The van der Waals surface area contributed by atoms with Gasteiger partial charge in [-0.3, -0.25) is 0 Å². The topological polar surface area (TPSA) is 98.7 Å². The van der Waals surface area contributed by atoms with Gasteiger partial charge in [-0.05, 0) is 31.4 Å². The van der Waals surface area contributed by atoms with Gasteiger partial charge in [0.25, 0.3) is 0 Å². The number of hydrogen-bond donors (Lipinski definition) is 4. The van der Waals surface area contributed by atoms with Crippen molar-refractivity contribution in [2.45, 2.75) is 32.4 Å². The second-order valence-electron chi connectivity index (χ2n) is 4.63. The Morgan fingerprint density at radius 3 is 2.50 bits per heavy atom. The zero-order chi connectivity index (χ0) is 15.1. The molecular weight excluding hydrogens is 260 g/mol. The minimum Gasteiger partial charge on any atom is -0.480 e. The summed E-state index contributed by atoms with van der Waals surface area (Å²) in [5.74, 6) is -1.27. The Morgan fingerprint density at radius 1 is 1.30 bits per heavy atom. The number of carbonyl (C=O) groups excluding carboxylic acids is 1. The Bertz CT molecular complexity index is 474. The van der Waals surface area contributed by atoms with Gasteiger partial charge in [-0.25, -0.2) is 9.59 Å². The molecule has 0 aliphatic heterocycles. The van der Waals surface area contributed by atoms with E-state index in [0.29, 0.717) is 13.0 Å². The molecule has 110 valence electrons. The minimum atomic E-state index is -1.31. The summed E-state index contributed by atoms with van der Waals surface area (Å²) < 4.78 is 0. The fourth-order valence-corrected chi connectivity index (χ4v) is 1.78. The van der Waals surface area contributed by atoms with E-state index in [2.05, 4.69) is 10.6 Å². The number of aliphatic carboxylic acids is 1. The zero-order valence-corrected chi connectivity index (χ0v) is 11.6. The number of urea groups is 1. The number of nitrogens with one attached hydrogen (secondary N) is 2. The predicted molar refractivity (Wildman–Crippen MR) is 74.5 cm³/mol. The normalized spacial score (nSPS) is 13.3. The number of carboxylic acid groups (broad SMARTS) is 1. The first-order valence-corrected chi connectivity index (χ1v) is 6.41. The third kappa shape index (κ3) is 4.89. The molecule has 1 aromatic rings. The third-order valence-corrected chi connectivity index (χ3v) is 2.98. The summed E-state index contributed by atoms with van der Waals surface area (Å²) in [5, 5.41) is 22.9. The van der Waals surface area contributed by atoms with Gasteiger partial charge in [0, 0.05) is 6.54 Å². The van der Waals surface area contributed by atoms with Crippen LogP contribution in [0.25, 0.3) is 0 Å². The molecule has 0 saturated heterocycles. The van der Waals surface area contributed by atoms with Gasteiger partial charge in [-0.15, -0.1) is 0 Å². The molecule has 0 aromatic heterocycles. The van der Waals surface area contributed by atoms with E-state index in [-0.39, 0.29) is 0 Å². The fourth-order valence-electron chi connectivity index (χ4n) is 1.78. The van der Waals surface area contributed by atoms with Gasteiger partial charge in [-0.2, -0.15) is 0 Å². The molecule has 0 saturated carbocycles. The summed E-state index contributed by atoms with van der Waals surface area (Å²) in [6.07, 6.45) is -0.499. The number of aliphatic hydroxyl groups excluding tert-OH is 1. The van der Waals surface area contributed by atoms with E-state index in [1.54, 1.807) is 0 Å². The van der Waals surface area contributed by atoms with Crippen molar-refractivity contribution in [1.82, 2.24) is 10.6 Å². The van der Waals surface area contributed by atoms with E-state index < -0.39 is 24.1 Å². The van der Waals surface area contributed by atoms with Gasteiger partial charge in [0.2, 0.25) is 0 Å². The van der Waals surface area contributed by atoms with Crippen molar-refractivity contribution in [2.75, 3.05) is 6.54 Å². The molecule has 6 nitrogen and oxygen atoms in total. The summed E-state index contributed by atoms with van der Waals surface area (Å²) in [6.45, 7) is 3.69. The molecule has 0 aliphatic carbocycles. The first kappa shape index (κ1) is 16.0. The molecule has 4 N–H and O–H groups in total. The van der Waals surface area contributed by atoms with Crippen LogP contribution >= 0.6 is 0 Å². The number of aliphatic hydroxyl groups is 1. The number of aryl methyl sites for hydroxylation is 1. The Kier molecular flexibility index (Phi) is 5.99. The van der Waals surface area contributed by atoms with Gasteiger partial charge in [0.1, 0.15) is 0 Å². The molecule has 0 unspecified atom stereocenters. The number of rotatable bonds is 6. The average molecular weight is 280 g/mol. The standard InChI is InChI=1S/C14H20N2O4/c1-9-5-3-4-6-11(9)7-8-15-14(20)16-12(10(2)17)13(18)19/h3-6,10,12,17H,7-8H2,1-2H3,(H,18,19)(H2,15,16,20)/t10-,12+/m1/s1. The quantitative estimate of drug-likeness (QED) is 0.615. The van der Waals surface area contributed by atoms with Crippen molar-refractivity contribution in [2.24, 2.45) is 0 Å². The number of carbonyl (C=O) groups is 2. The third-order valence-electron chi connectivity index (χ3n) is 2.98. The smallest absolute Gasteiger partial charge is 0.328 e. The van der Waals surface area contributed by atoms with Crippen molar-refractivity contribution >= 4 is 12.0 Å². The molecule has 20 heavy (non-hydrogen) atoms. The maximum Gasteiger partial charge on any atom is 0.328 e. The highest BCUT2D eigenvalue weighted by Crippen LogP contribution is 2.06. The first-order valence-electron chi connectivity index (χ1n) is 6.41. The van der Waals surface area contributed by atoms with Crippen LogP contribution in [0.1, 0.15) is 18.1 Å². The number of carboxylic acids is 1. The van der Waals surface area contributed by atoms with E-state index >= 15 is 0 Å². The van der Waals surface area contributed by atoms with Crippen LogP contribution < -0.4 is 10.6 Å². The van der Waals surface area contributed by atoms with Crippen LogP contribution in [-0.4, -0.2) is 40.9 Å². The van der Waals surface area contributed by atoms with Crippen LogP contribution in [-0.2, 0) is 11.2 Å². The Balaban J connectivity index is 2.40. The molecule has 0 heterocycles. The Morgan fingerprint density at radius 2 is 1.95 bits per heavy atom. The molecule has 1 rings (SSSR count). The van der Waals surface area contributed by atoms with E-state index in [9.17, 15) is 14.7 Å². The molecule has 0 bridgehead atoms. The van der Waals surface area contributed by atoms with Crippen LogP contribution in [0, 0.1) is 6.92 Å². The number of hydrogen-bond acceptors (Lipinski definition) is 3. The summed E-state index contributed by atoms with van der Waals surface area (Å²) in [6, 6.07) is 5.92. The number of benzene rings is 1. The minimum absolute atomic E-state index is 0.392. The molecule has 2 amide bonds. The van der Waals surface area contributed by atoms with E-state index in [0.717, 1.165) is 11.1 Å². The predicted octanol–water partition coefficient (Wildman–Crippen LogP) is 0.671. The van der Waals surface area contributed by atoms with Crippen molar-refractivity contribution in [3.63, 3.8) is 0 Å². The highest BCUT2D eigenvalue weighted by Gasteiger charge is 2.24. The molecule has 1 aromatic carbocycles. The van der Waals surface area contributed by atoms with E-state index in [1.165, 1.54) is 6.92 Å². The molecule has 0 radical (unpaired) electrons. The lowest BCUT2D eigenvalue weighted by Gasteiger charge is -2.17. The van der Waals surface area contributed by atoms with Crippen LogP contribution in [0.3, 0.4) is 0 Å². The van der Waals surface area contributed by atoms with Gasteiger partial charge in [0.15, 0.2) is 6.04 Å². The van der Waals surface area contributed by atoms with Crippen LogP contribution in [0.15, 0.2) is 24.3 Å². The highest BCUT2D eigenvalue weighted by molar-refractivity contribution is 5.82. The maximum atomic E-state index is 11.5. The second kappa shape index (κ2) is 7.49. The van der Waals surface area contributed by atoms with Crippen LogP contribution in [0.2, 0.25) is 0 Å². The van der Waals surface area contributed by atoms with E-state index in [4.69, 9.17) is 5.11 Å². The van der Waals surface area contributed by atoms with Crippen molar-refractivity contribution in [1.29, 1.82) is 0 Å². The Labute approximate surface area is 117 Å². The van der Waals surface area contributed by atoms with Crippen molar-refractivity contribution in [3.8, 4) is 0 Å².